The fraction of sp³-hybridized carbons (Fsp3) is 0.600. The lowest BCUT2D eigenvalue weighted by Gasteiger charge is -2.34. The van der Waals surface area contributed by atoms with Crippen molar-refractivity contribution in [1.29, 1.82) is 0 Å². The number of carbonyl (C=O) groups excluding carboxylic acids is 1. The molecule has 7 heteroatoms. The number of nitrogens with two attached hydrogens (primary N) is 1. The molecule has 152 valence electrons. The molecule has 1 unspecified atom stereocenters. The number of likely N-dealkylation sites (tertiary alicyclic amines) is 1. The number of piperidine rings is 1. The summed E-state index contributed by atoms with van der Waals surface area (Å²) < 4.78 is 0. The first-order valence-corrected chi connectivity index (χ1v) is 9.52. The lowest BCUT2D eigenvalue weighted by molar-refractivity contribution is -0.119. The summed E-state index contributed by atoms with van der Waals surface area (Å²) in [5, 5.41) is 3.39. The normalized spacial score (nSPS) is 17.6. The Kier molecular flexibility index (Phi) is 10.7. The molecule has 0 bridgehead atoms. The highest BCUT2D eigenvalue weighted by Crippen LogP contribution is 2.19. The van der Waals surface area contributed by atoms with Gasteiger partial charge in [-0.1, -0.05) is 24.3 Å². The van der Waals surface area contributed by atoms with Gasteiger partial charge in [0.05, 0.1) is 6.54 Å². The number of primary amides is 1. The number of benzene rings is 1. The van der Waals surface area contributed by atoms with Gasteiger partial charge in [0.1, 0.15) is 0 Å². The predicted octanol–water partition coefficient (Wildman–Crippen LogP) is 2.42. The van der Waals surface area contributed by atoms with Crippen molar-refractivity contribution in [2.24, 2.45) is 16.6 Å². The molecule has 0 aliphatic carbocycles. The van der Waals surface area contributed by atoms with Crippen molar-refractivity contribution in [2.45, 2.75) is 39.3 Å². The lowest BCUT2D eigenvalue weighted by Crippen LogP contribution is -2.47. The van der Waals surface area contributed by atoms with Crippen LogP contribution in [-0.4, -0.2) is 55.4 Å². The first kappa shape index (κ1) is 23.7. The number of halogens is 1. The Hall–Kier alpha value is -1.35. The molecule has 1 heterocycles. The second kappa shape index (κ2) is 12.2. The number of carbonyl (C=O) groups is 1. The first-order chi connectivity index (χ1) is 12.5. The highest BCUT2D eigenvalue weighted by atomic mass is 127. The molecule has 0 radical (unpaired) electrons. The van der Waals surface area contributed by atoms with Crippen molar-refractivity contribution in [3.8, 4) is 0 Å². The summed E-state index contributed by atoms with van der Waals surface area (Å²) in [4.78, 5) is 20.5. The van der Waals surface area contributed by atoms with E-state index in [1.54, 1.807) is 0 Å². The van der Waals surface area contributed by atoms with Crippen LogP contribution in [0.5, 0.6) is 0 Å². The maximum Gasteiger partial charge on any atom is 0.217 e. The third-order valence-corrected chi connectivity index (χ3v) is 4.58. The summed E-state index contributed by atoms with van der Waals surface area (Å²) in [7, 11) is 4.15. The highest BCUT2D eigenvalue weighted by Gasteiger charge is 2.23. The Morgan fingerprint density at radius 3 is 2.56 bits per heavy atom. The number of nitrogens with zero attached hydrogens (tertiary/aromatic N) is 3. The standard InChI is InChI=1S/C20H33N5O.HI/c1-4-22-20(25-11-5-6-18(15-25)12-19(21)26)23-13-16-7-9-17(10-8-16)14-24(2)3;/h7-10,18H,4-6,11-15H2,1-3H3,(H2,21,26)(H,22,23);1H. The first-order valence-electron chi connectivity index (χ1n) is 9.52. The van der Waals surface area contributed by atoms with Crippen LogP contribution in [0.1, 0.15) is 37.3 Å². The third-order valence-electron chi connectivity index (χ3n) is 4.58. The number of guanidine groups is 1. The molecule has 2 rings (SSSR count). The van der Waals surface area contributed by atoms with Gasteiger partial charge in [-0.05, 0) is 50.9 Å². The summed E-state index contributed by atoms with van der Waals surface area (Å²) in [5.41, 5.74) is 7.88. The Balaban J connectivity index is 0.00000364. The number of aliphatic imine (C=N–C) groups is 1. The van der Waals surface area contributed by atoms with E-state index in [0.717, 1.165) is 45.0 Å². The second-order valence-electron chi connectivity index (χ2n) is 7.35. The monoisotopic (exact) mass is 487 g/mol. The molecule has 3 N–H and O–H groups in total. The van der Waals surface area contributed by atoms with E-state index in [1.807, 2.05) is 0 Å². The van der Waals surface area contributed by atoms with Gasteiger partial charge in [0, 0.05) is 32.6 Å². The van der Waals surface area contributed by atoms with Crippen LogP contribution >= 0.6 is 24.0 Å². The molecule has 1 saturated heterocycles. The van der Waals surface area contributed by atoms with Crippen molar-refractivity contribution in [1.82, 2.24) is 15.1 Å². The molecular formula is C20H34IN5O. The van der Waals surface area contributed by atoms with Crippen molar-refractivity contribution in [2.75, 3.05) is 33.7 Å². The summed E-state index contributed by atoms with van der Waals surface area (Å²) in [5.74, 6) is 1.05. The van der Waals surface area contributed by atoms with Crippen LogP contribution in [0, 0.1) is 5.92 Å². The van der Waals surface area contributed by atoms with Gasteiger partial charge in [-0.25, -0.2) is 4.99 Å². The van der Waals surface area contributed by atoms with E-state index in [-0.39, 0.29) is 29.9 Å². The van der Waals surface area contributed by atoms with E-state index in [4.69, 9.17) is 10.7 Å². The molecule has 1 atom stereocenters. The average molecular weight is 487 g/mol. The van der Waals surface area contributed by atoms with Crippen LogP contribution in [-0.2, 0) is 17.9 Å². The van der Waals surface area contributed by atoms with E-state index in [1.165, 1.54) is 11.1 Å². The Labute approximate surface area is 180 Å². The van der Waals surface area contributed by atoms with Gasteiger partial charge in [0.25, 0.3) is 0 Å². The van der Waals surface area contributed by atoms with Gasteiger partial charge < -0.3 is 20.9 Å². The second-order valence-corrected chi connectivity index (χ2v) is 7.35. The van der Waals surface area contributed by atoms with Crippen LogP contribution in [0.15, 0.2) is 29.3 Å². The molecule has 1 fully saturated rings. The van der Waals surface area contributed by atoms with Crippen LogP contribution < -0.4 is 11.1 Å². The average Bonchev–Trinajstić information content (AvgIpc) is 2.59. The van der Waals surface area contributed by atoms with Crippen LogP contribution in [0.3, 0.4) is 0 Å². The quantitative estimate of drug-likeness (QED) is 0.352. The van der Waals surface area contributed by atoms with Crippen LogP contribution in [0.4, 0.5) is 0 Å². The maximum absolute atomic E-state index is 11.2. The molecule has 0 aromatic heterocycles. The van der Waals surface area contributed by atoms with Gasteiger partial charge >= 0.3 is 0 Å². The molecule has 0 spiro atoms. The zero-order valence-electron chi connectivity index (χ0n) is 16.8. The Morgan fingerprint density at radius 1 is 1.30 bits per heavy atom. The van der Waals surface area contributed by atoms with E-state index in [9.17, 15) is 4.79 Å². The van der Waals surface area contributed by atoms with Crippen molar-refractivity contribution < 1.29 is 4.79 Å². The number of amides is 1. The fourth-order valence-corrected chi connectivity index (χ4v) is 3.42. The minimum atomic E-state index is -0.211. The molecule has 1 aromatic rings. The SMILES string of the molecule is CCNC(=NCc1ccc(CN(C)C)cc1)N1CCCC(CC(N)=O)C1.I. The predicted molar refractivity (Wildman–Crippen MR) is 122 cm³/mol. The third kappa shape index (κ3) is 8.47. The summed E-state index contributed by atoms with van der Waals surface area (Å²) in [6.07, 6.45) is 2.59. The Morgan fingerprint density at radius 2 is 1.96 bits per heavy atom. The van der Waals surface area contributed by atoms with Gasteiger partial charge in [-0.3, -0.25) is 4.79 Å². The van der Waals surface area contributed by atoms with E-state index in [2.05, 4.69) is 60.4 Å². The van der Waals surface area contributed by atoms with E-state index < -0.39 is 0 Å². The van der Waals surface area contributed by atoms with Gasteiger partial charge in [0.2, 0.25) is 5.91 Å². The maximum atomic E-state index is 11.2. The number of hydrogen-bond acceptors (Lipinski definition) is 3. The van der Waals surface area contributed by atoms with Crippen molar-refractivity contribution in [3.63, 3.8) is 0 Å². The van der Waals surface area contributed by atoms with Gasteiger partial charge in [-0.2, -0.15) is 0 Å². The minimum Gasteiger partial charge on any atom is -0.370 e. The zero-order chi connectivity index (χ0) is 18.9. The highest BCUT2D eigenvalue weighted by molar-refractivity contribution is 14.0. The molecule has 27 heavy (non-hydrogen) atoms. The smallest absolute Gasteiger partial charge is 0.217 e. The van der Waals surface area contributed by atoms with E-state index in [0.29, 0.717) is 18.9 Å². The topological polar surface area (TPSA) is 74.0 Å². The largest absolute Gasteiger partial charge is 0.370 e. The summed E-state index contributed by atoms with van der Waals surface area (Å²) in [6, 6.07) is 8.64. The molecule has 0 saturated carbocycles. The van der Waals surface area contributed by atoms with Crippen molar-refractivity contribution >= 4 is 35.8 Å². The molecule has 1 aliphatic rings. The van der Waals surface area contributed by atoms with E-state index >= 15 is 0 Å². The molecule has 1 aliphatic heterocycles. The zero-order valence-corrected chi connectivity index (χ0v) is 19.1. The molecule has 1 amide bonds. The van der Waals surface area contributed by atoms with Crippen LogP contribution in [0.2, 0.25) is 0 Å². The summed E-state index contributed by atoms with van der Waals surface area (Å²) >= 11 is 0. The summed E-state index contributed by atoms with van der Waals surface area (Å²) in [6.45, 7) is 6.33. The van der Waals surface area contributed by atoms with Gasteiger partial charge in [0.15, 0.2) is 5.96 Å². The Bertz CT molecular complexity index is 603. The number of nitrogens with one attached hydrogen (secondary N) is 1. The fourth-order valence-electron chi connectivity index (χ4n) is 3.42. The lowest BCUT2D eigenvalue weighted by atomic mass is 9.95. The number of rotatable bonds is 7. The molecule has 6 nitrogen and oxygen atoms in total. The van der Waals surface area contributed by atoms with Crippen molar-refractivity contribution in [3.05, 3.63) is 35.4 Å². The molecular weight excluding hydrogens is 453 g/mol. The molecule has 1 aromatic carbocycles. The minimum absolute atomic E-state index is 0. The van der Waals surface area contributed by atoms with Crippen LogP contribution in [0.25, 0.3) is 0 Å². The van der Waals surface area contributed by atoms with Gasteiger partial charge in [-0.15, -0.1) is 24.0 Å². The number of hydrogen-bond donors (Lipinski definition) is 2.